The smallest absolute Gasteiger partial charge is 0.259 e. The summed E-state index contributed by atoms with van der Waals surface area (Å²) in [4.78, 5) is 12.5. The molecule has 0 aliphatic rings. The minimum absolute atomic E-state index is 0.0587. The molecule has 0 bridgehead atoms. The Morgan fingerprint density at radius 2 is 1.57 bits per heavy atom. The maximum atomic E-state index is 12.5. The molecule has 0 aromatic heterocycles. The van der Waals surface area contributed by atoms with Gasteiger partial charge in [0.25, 0.3) is 5.91 Å². The number of hydrogen-bond donors (Lipinski definition) is 2. The highest BCUT2D eigenvalue weighted by Crippen LogP contribution is 2.25. The fraction of sp³-hybridized carbons (Fsp3) is 0.480. The van der Waals surface area contributed by atoms with Gasteiger partial charge in [0.05, 0.1) is 5.56 Å². The predicted octanol–water partition coefficient (Wildman–Crippen LogP) is 7.05. The summed E-state index contributed by atoms with van der Waals surface area (Å²) in [6.45, 7) is 10.1. The van der Waals surface area contributed by atoms with Crippen LogP contribution in [0.15, 0.2) is 36.4 Å². The van der Waals surface area contributed by atoms with Gasteiger partial charge in [-0.05, 0) is 61.1 Å². The number of nitrogens with one attached hydrogen (secondary N) is 1. The van der Waals surface area contributed by atoms with Crippen LogP contribution in [-0.4, -0.2) is 11.0 Å². The molecule has 0 fully saturated rings. The van der Waals surface area contributed by atoms with Gasteiger partial charge in [0.2, 0.25) is 0 Å². The number of anilines is 1. The molecular weight excluding hydrogens is 346 g/mol. The van der Waals surface area contributed by atoms with E-state index >= 15 is 0 Å². The first-order chi connectivity index (χ1) is 13.5. The Morgan fingerprint density at radius 3 is 2.18 bits per heavy atom. The topological polar surface area (TPSA) is 49.3 Å². The van der Waals surface area contributed by atoms with E-state index in [9.17, 15) is 9.90 Å². The SMILES string of the molecule is CC.CCCCCCCc1ccc(NC(=O)c2cc(CC)cc(C)c2O)cc1. The van der Waals surface area contributed by atoms with Gasteiger partial charge in [-0.15, -0.1) is 0 Å². The van der Waals surface area contributed by atoms with Crippen LogP contribution < -0.4 is 5.32 Å². The van der Waals surface area contributed by atoms with E-state index in [-0.39, 0.29) is 11.7 Å². The Hall–Kier alpha value is -2.29. The van der Waals surface area contributed by atoms with E-state index < -0.39 is 0 Å². The lowest BCUT2D eigenvalue weighted by Crippen LogP contribution is -2.13. The molecule has 3 heteroatoms. The lowest BCUT2D eigenvalue weighted by molar-refractivity contribution is 0.102. The zero-order chi connectivity index (χ0) is 20.9. The van der Waals surface area contributed by atoms with Crippen molar-refractivity contribution in [1.82, 2.24) is 0 Å². The number of aromatic hydroxyl groups is 1. The number of unbranched alkanes of at least 4 members (excludes halogenated alkanes) is 4. The normalized spacial score (nSPS) is 10.2. The first-order valence-corrected chi connectivity index (χ1v) is 10.8. The van der Waals surface area contributed by atoms with Gasteiger partial charge in [-0.3, -0.25) is 4.79 Å². The quantitative estimate of drug-likeness (QED) is 0.456. The molecule has 0 radical (unpaired) electrons. The van der Waals surface area contributed by atoms with Crippen LogP contribution in [0.3, 0.4) is 0 Å². The Balaban J connectivity index is 0.00000190. The second-order valence-corrected chi connectivity index (χ2v) is 6.98. The molecule has 0 aliphatic carbocycles. The summed E-state index contributed by atoms with van der Waals surface area (Å²) < 4.78 is 0. The van der Waals surface area contributed by atoms with Crippen LogP contribution in [0.5, 0.6) is 5.75 Å². The van der Waals surface area contributed by atoms with Crippen molar-refractivity contribution in [2.24, 2.45) is 0 Å². The van der Waals surface area contributed by atoms with Crippen molar-refractivity contribution in [3.05, 3.63) is 58.7 Å². The molecule has 0 saturated carbocycles. The molecule has 2 aromatic carbocycles. The molecule has 0 atom stereocenters. The van der Waals surface area contributed by atoms with Crippen LogP contribution in [0.4, 0.5) is 5.69 Å². The zero-order valence-electron chi connectivity index (χ0n) is 18.3. The molecule has 2 N–H and O–H groups in total. The van der Waals surface area contributed by atoms with Gasteiger partial charge < -0.3 is 10.4 Å². The first kappa shape index (κ1) is 23.7. The van der Waals surface area contributed by atoms with Crippen molar-refractivity contribution in [3.8, 4) is 5.75 Å². The van der Waals surface area contributed by atoms with E-state index in [0.29, 0.717) is 5.56 Å². The fourth-order valence-electron chi connectivity index (χ4n) is 3.12. The Bertz CT molecular complexity index is 720. The first-order valence-electron chi connectivity index (χ1n) is 10.8. The number of phenolic OH excluding ortho intramolecular Hbond substituents is 1. The second kappa shape index (κ2) is 13.0. The van der Waals surface area contributed by atoms with E-state index in [1.54, 1.807) is 6.07 Å². The minimum atomic E-state index is -0.270. The van der Waals surface area contributed by atoms with Crippen LogP contribution in [-0.2, 0) is 12.8 Å². The van der Waals surface area contributed by atoms with Crippen molar-refractivity contribution in [2.45, 2.75) is 79.6 Å². The van der Waals surface area contributed by atoms with Crippen molar-refractivity contribution >= 4 is 11.6 Å². The van der Waals surface area contributed by atoms with Crippen LogP contribution in [0.1, 0.15) is 86.8 Å². The van der Waals surface area contributed by atoms with Crippen LogP contribution in [0.2, 0.25) is 0 Å². The van der Waals surface area contributed by atoms with Crippen molar-refractivity contribution < 1.29 is 9.90 Å². The number of rotatable bonds is 9. The number of hydrogen-bond acceptors (Lipinski definition) is 2. The average Bonchev–Trinajstić information content (AvgIpc) is 2.72. The number of carbonyl (C=O) groups excluding carboxylic acids is 1. The lowest BCUT2D eigenvalue weighted by Gasteiger charge is -2.11. The predicted molar refractivity (Wildman–Crippen MR) is 120 cm³/mol. The van der Waals surface area contributed by atoms with Crippen LogP contribution >= 0.6 is 0 Å². The molecule has 28 heavy (non-hydrogen) atoms. The molecule has 2 rings (SSSR count). The van der Waals surface area contributed by atoms with Crippen LogP contribution in [0, 0.1) is 6.92 Å². The highest BCUT2D eigenvalue weighted by molar-refractivity contribution is 6.06. The highest BCUT2D eigenvalue weighted by atomic mass is 16.3. The zero-order valence-corrected chi connectivity index (χ0v) is 18.3. The van der Waals surface area contributed by atoms with Crippen molar-refractivity contribution in [3.63, 3.8) is 0 Å². The van der Waals surface area contributed by atoms with Gasteiger partial charge in [0, 0.05) is 5.69 Å². The summed E-state index contributed by atoms with van der Waals surface area (Å²) in [5.74, 6) is -0.211. The standard InChI is InChI=1S/C23H31NO2.C2H6/c1-4-6-7-8-9-10-19-11-13-20(14-12-19)24-23(26)21-16-18(5-2)15-17(3)22(21)25;1-2/h11-16,25H,4-10H2,1-3H3,(H,24,26);1-2H3. The molecule has 3 nitrogen and oxygen atoms in total. The maximum Gasteiger partial charge on any atom is 0.259 e. The summed E-state index contributed by atoms with van der Waals surface area (Å²) in [6, 6.07) is 11.7. The van der Waals surface area contributed by atoms with Gasteiger partial charge >= 0.3 is 0 Å². The largest absolute Gasteiger partial charge is 0.507 e. The summed E-state index contributed by atoms with van der Waals surface area (Å²) >= 11 is 0. The molecule has 0 aliphatic heterocycles. The number of aryl methyl sites for hydroxylation is 3. The molecule has 2 aromatic rings. The highest BCUT2D eigenvalue weighted by Gasteiger charge is 2.14. The lowest BCUT2D eigenvalue weighted by atomic mass is 10.0. The number of amides is 1. The monoisotopic (exact) mass is 383 g/mol. The molecule has 1 amide bonds. The third-order valence-corrected chi connectivity index (χ3v) is 4.79. The number of benzene rings is 2. The molecule has 0 unspecified atom stereocenters. The summed E-state index contributed by atoms with van der Waals surface area (Å²) in [6.07, 6.45) is 8.29. The van der Waals surface area contributed by atoms with E-state index in [2.05, 4.69) is 24.4 Å². The Morgan fingerprint density at radius 1 is 0.929 bits per heavy atom. The van der Waals surface area contributed by atoms with Gasteiger partial charge in [0.1, 0.15) is 5.75 Å². The third-order valence-electron chi connectivity index (χ3n) is 4.79. The number of phenols is 1. The minimum Gasteiger partial charge on any atom is -0.507 e. The van der Waals surface area contributed by atoms with E-state index in [4.69, 9.17) is 0 Å². The summed E-state index contributed by atoms with van der Waals surface area (Å²) in [5.41, 5.74) is 4.16. The Labute approximate surface area is 171 Å². The van der Waals surface area contributed by atoms with E-state index in [1.165, 1.54) is 37.7 Å². The maximum absolute atomic E-state index is 12.5. The van der Waals surface area contributed by atoms with Gasteiger partial charge in [-0.1, -0.05) is 71.6 Å². The molecule has 0 spiro atoms. The summed E-state index contributed by atoms with van der Waals surface area (Å²) in [7, 11) is 0. The molecular formula is C25H37NO2. The van der Waals surface area contributed by atoms with Crippen molar-refractivity contribution in [1.29, 1.82) is 0 Å². The van der Waals surface area contributed by atoms with Crippen LogP contribution in [0.25, 0.3) is 0 Å². The van der Waals surface area contributed by atoms with E-state index in [1.807, 2.05) is 45.9 Å². The number of carbonyl (C=O) groups is 1. The van der Waals surface area contributed by atoms with Gasteiger partial charge in [0.15, 0.2) is 0 Å². The van der Waals surface area contributed by atoms with E-state index in [0.717, 1.165) is 29.7 Å². The van der Waals surface area contributed by atoms with Crippen molar-refractivity contribution in [2.75, 3.05) is 5.32 Å². The molecule has 0 saturated heterocycles. The fourth-order valence-corrected chi connectivity index (χ4v) is 3.12. The van der Waals surface area contributed by atoms with Gasteiger partial charge in [-0.2, -0.15) is 0 Å². The molecule has 154 valence electrons. The third kappa shape index (κ3) is 7.38. The average molecular weight is 384 g/mol. The summed E-state index contributed by atoms with van der Waals surface area (Å²) in [5, 5.41) is 13.1. The van der Waals surface area contributed by atoms with Gasteiger partial charge in [-0.25, -0.2) is 0 Å². The molecule has 0 heterocycles. The Kier molecular flexibility index (Phi) is 11.0. The second-order valence-electron chi connectivity index (χ2n) is 6.98.